The van der Waals surface area contributed by atoms with Gasteiger partial charge in [-0.3, -0.25) is 9.36 Å². The molecule has 2 heterocycles. The molecule has 19 heavy (non-hydrogen) atoms. The molecule has 0 atom stereocenters. The SMILES string of the molecule is Cc1cc(C)n(CCC(=O)N2CCNCC2)c(=O)n1. The number of hydrogen-bond acceptors (Lipinski definition) is 4. The van der Waals surface area contributed by atoms with Gasteiger partial charge in [0.05, 0.1) is 0 Å². The molecule has 0 saturated carbocycles. The monoisotopic (exact) mass is 264 g/mol. The number of hydrogen-bond donors (Lipinski definition) is 1. The highest BCUT2D eigenvalue weighted by Crippen LogP contribution is 2.01. The average molecular weight is 264 g/mol. The van der Waals surface area contributed by atoms with Crippen LogP contribution in [0.1, 0.15) is 17.8 Å². The summed E-state index contributed by atoms with van der Waals surface area (Å²) in [5.41, 5.74) is 1.29. The Morgan fingerprint density at radius 1 is 1.37 bits per heavy atom. The van der Waals surface area contributed by atoms with Gasteiger partial charge < -0.3 is 10.2 Å². The molecule has 1 fully saturated rings. The summed E-state index contributed by atoms with van der Waals surface area (Å²) in [6.07, 6.45) is 0.353. The molecule has 1 amide bonds. The van der Waals surface area contributed by atoms with Crippen LogP contribution < -0.4 is 11.0 Å². The standard InChI is InChI=1S/C13H20N4O2/c1-10-9-11(2)17(13(19)15-10)6-3-12(18)16-7-4-14-5-8-16/h9,14H,3-8H2,1-2H3. The number of amides is 1. The van der Waals surface area contributed by atoms with Gasteiger partial charge >= 0.3 is 5.69 Å². The van der Waals surface area contributed by atoms with Crippen LogP contribution in [0.3, 0.4) is 0 Å². The summed E-state index contributed by atoms with van der Waals surface area (Å²) >= 11 is 0. The summed E-state index contributed by atoms with van der Waals surface area (Å²) in [7, 11) is 0. The lowest BCUT2D eigenvalue weighted by atomic mass is 10.3. The zero-order chi connectivity index (χ0) is 13.8. The topological polar surface area (TPSA) is 67.2 Å². The summed E-state index contributed by atoms with van der Waals surface area (Å²) in [5, 5.41) is 3.21. The first-order valence-corrected chi connectivity index (χ1v) is 6.61. The van der Waals surface area contributed by atoms with Crippen LogP contribution in [0.4, 0.5) is 0 Å². The lowest BCUT2D eigenvalue weighted by Gasteiger charge is -2.27. The van der Waals surface area contributed by atoms with E-state index in [-0.39, 0.29) is 11.6 Å². The third kappa shape index (κ3) is 3.41. The van der Waals surface area contributed by atoms with E-state index in [1.165, 1.54) is 0 Å². The maximum atomic E-state index is 12.0. The Hall–Kier alpha value is -1.69. The summed E-state index contributed by atoms with van der Waals surface area (Å²) in [6, 6.07) is 1.86. The van der Waals surface area contributed by atoms with E-state index < -0.39 is 0 Å². The summed E-state index contributed by atoms with van der Waals surface area (Å²) in [5.74, 6) is 0.105. The Balaban J connectivity index is 1.99. The van der Waals surface area contributed by atoms with E-state index in [9.17, 15) is 9.59 Å². The Morgan fingerprint density at radius 2 is 2.05 bits per heavy atom. The largest absolute Gasteiger partial charge is 0.347 e. The maximum Gasteiger partial charge on any atom is 0.347 e. The molecule has 1 N–H and O–H groups in total. The molecule has 6 heteroatoms. The molecule has 1 aromatic rings. The molecule has 1 aromatic heterocycles. The van der Waals surface area contributed by atoms with E-state index in [1.54, 1.807) is 11.5 Å². The molecule has 1 aliphatic rings. The van der Waals surface area contributed by atoms with Crippen LogP contribution in [0.25, 0.3) is 0 Å². The Labute approximate surface area is 112 Å². The fraction of sp³-hybridized carbons (Fsp3) is 0.615. The Bertz CT molecular complexity index is 518. The molecular weight excluding hydrogens is 244 g/mol. The minimum atomic E-state index is -0.273. The van der Waals surface area contributed by atoms with Crippen LogP contribution in [-0.2, 0) is 11.3 Å². The first-order valence-electron chi connectivity index (χ1n) is 6.61. The number of carbonyl (C=O) groups is 1. The molecule has 1 aliphatic heterocycles. The van der Waals surface area contributed by atoms with Crippen LogP contribution in [0.2, 0.25) is 0 Å². The van der Waals surface area contributed by atoms with E-state index in [2.05, 4.69) is 10.3 Å². The van der Waals surface area contributed by atoms with Crippen molar-refractivity contribution in [2.24, 2.45) is 0 Å². The second-order valence-corrected chi connectivity index (χ2v) is 4.85. The van der Waals surface area contributed by atoms with Crippen molar-refractivity contribution >= 4 is 5.91 Å². The Kier molecular flexibility index (Phi) is 4.31. The van der Waals surface area contributed by atoms with Gasteiger partial charge in [-0.15, -0.1) is 0 Å². The molecule has 0 aliphatic carbocycles. The van der Waals surface area contributed by atoms with Crippen molar-refractivity contribution in [1.29, 1.82) is 0 Å². The van der Waals surface area contributed by atoms with Crippen molar-refractivity contribution in [3.63, 3.8) is 0 Å². The van der Waals surface area contributed by atoms with Gasteiger partial charge in [-0.2, -0.15) is 4.98 Å². The van der Waals surface area contributed by atoms with Crippen molar-refractivity contribution in [1.82, 2.24) is 19.8 Å². The zero-order valence-corrected chi connectivity index (χ0v) is 11.5. The minimum Gasteiger partial charge on any atom is -0.340 e. The van der Waals surface area contributed by atoms with Gasteiger partial charge in [0.2, 0.25) is 5.91 Å². The normalized spacial score (nSPS) is 15.6. The highest BCUT2D eigenvalue weighted by molar-refractivity contribution is 5.76. The minimum absolute atomic E-state index is 0.105. The lowest BCUT2D eigenvalue weighted by molar-refractivity contribution is -0.132. The third-order valence-electron chi connectivity index (χ3n) is 3.37. The molecule has 0 bridgehead atoms. The zero-order valence-electron chi connectivity index (χ0n) is 11.5. The fourth-order valence-electron chi connectivity index (χ4n) is 2.33. The number of nitrogens with zero attached hydrogens (tertiary/aromatic N) is 3. The van der Waals surface area contributed by atoms with Gasteiger partial charge in [0, 0.05) is 50.5 Å². The summed E-state index contributed by atoms with van der Waals surface area (Å²) < 4.78 is 1.56. The van der Waals surface area contributed by atoms with E-state index >= 15 is 0 Å². The number of nitrogens with one attached hydrogen (secondary N) is 1. The van der Waals surface area contributed by atoms with E-state index in [1.807, 2.05) is 17.9 Å². The van der Waals surface area contributed by atoms with E-state index in [0.29, 0.717) is 18.7 Å². The highest BCUT2D eigenvalue weighted by atomic mass is 16.2. The van der Waals surface area contributed by atoms with E-state index in [0.717, 1.165) is 31.9 Å². The third-order valence-corrected chi connectivity index (χ3v) is 3.37. The number of aryl methyl sites for hydroxylation is 2. The smallest absolute Gasteiger partial charge is 0.340 e. The first kappa shape index (κ1) is 13.7. The van der Waals surface area contributed by atoms with Crippen LogP contribution in [-0.4, -0.2) is 46.5 Å². The van der Waals surface area contributed by atoms with Crippen LogP contribution in [0.15, 0.2) is 10.9 Å². The number of carbonyl (C=O) groups excluding carboxylic acids is 1. The Morgan fingerprint density at radius 3 is 2.68 bits per heavy atom. The number of piperazine rings is 1. The summed E-state index contributed by atoms with van der Waals surface area (Å²) in [6.45, 7) is 7.25. The number of rotatable bonds is 3. The molecule has 0 radical (unpaired) electrons. The van der Waals surface area contributed by atoms with Crippen molar-refractivity contribution in [3.8, 4) is 0 Å². The average Bonchev–Trinajstić information content (AvgIpc) is 2.38. The molecule has 0 spiro atoms. The molecular formula is C13H20N4O2. The van der Waals surface area contributed by atoms with Crippen molar-refractivity contribution < 1.29 is 4.79 Å². The predicted octanol–water partition coefficient (Wildman–Crippen LogP) is -0.318. The number of aromatic nitrogens is 2. The van der Waals surface area contributed by atoms with Gasteiger partial charge in [0.1, 0.15) is 0 Å². The molecule has 104 valence electrons. The lowest BCUT2D eigenvalue weighted by Crippen LogP contribution is -2.46. The summed E-state index contributed by atoms with van der Waals surface area (Å²) in [4.78, 5) is 29.5. The molecule has 0 unspecified atom stereocenters. The first-order chi connectivity index (χ1) is 9.08. The maximum absolute atomic E-state index is 12.0. The van der Waals surface area contributed by atoms with Crippen LogP contribution in [0.5, 0.6) is 0 Å². The van der Waals surface area contributed by atoms with Gasteiger partial charge in [-0.1, -0.05) is 0 Å². The second kappa shape index (κ2) is 5.97. The van der Waals surface area contributed by atoms with Gasteiger partial charge in [0.15, 0.2) is 0 Å². The molecule has 6 nitrogen and oxygen atoms in total. The predicted molar refractivity (Wildman–Crippen MR) is 72.0 cm³/mol. The van der Waals surface area contributed by atoms with Gasteiger partial charge in [-0.05, 0) is 19.9 Å². The van der Waals surface area contributed by atoms with Crippen molar-refractivity contribution in [2.45, 2.75) is 26.8 Å². The van der Waals surface area contributed by atoms with Gasteiger partial charge in [-0.25, -0.2) is 4.79 Å². The second-order valence-electron chi connectivity index (χ2n) is 4.85. The molecule has 0 aromatic carbocycles. The quantitative estimate of drug-likeness (QED) is 0.812. The van der Waals surface area contributed by atoms with Gasteiger partial charge in [0.25, 0.3) is 0 Å². The highest BCUT2D eigenvalue weighted by Gasteiger charge is 2.16. The van der Waals surface area contributed by atoms with Crippen molar-refractivity contribution in [3.05, 3.63) is 27.9 Å². The van der Waals surface area contributed by atoms with Crippen LogP contribution in [0, 0.1) is 13.8 Å². The van der Waals surface area contributed by atoms with E-state index in [4.69, 9.17) is 0 Å². The molecule has 1 saturated heterocycles. The van der Waals surface area contributed by atoms with Crippen molar-refractivity contribution in [2.75, 3.05) is 26.2 Å². The van der Waals surface area contributed by atoms with Crippen LogP contribution >= 0.6 is 0 Å². The fourth-order valence-corrected chi connectivity index (χ4v) is 2.33. The molecule has 2 rings (SSSR count).